The molecule has 1 aromatic heterocycles. The molecule has 154 valence electrons. The summed E-state index contributed by atoms with van der Waals surface area (Å²) in [5.41, 5.74) is 3.69. The SMILES string of the molecule is O=C1N(CCCc2ccccc2)CCC[C@@]1(O)CNCc1cnc2c(c1)CCC2. The van der Waals surface area contributed by atoms with Crippen LogP contribution in [0.25, 0.3) is 0 Å². The fourth-order valence-corrected chi connectivity index (χ4v) is 4.55. The number of nitrogens with one attached hydrogen (secondary N) is 1. The van der Waals surface area contributed by atoms with Gasteiger partial charge in [0, 0.05) is 38.1 Å². The van der Waals surface area contributed by atoms with Crippen LogP contribution in [0.15, 0.2) is 42.6 Å². The van der Waals surface area contributed by atoms with Gasteiger partial charge in [-0.15, -0.1) is 0 Å². The van der Waals surface area contributed by atoms with Crippen LogP contribution in [-0.4, -0.2) is 46.1 Å². The van der Waals surface area contributed by atoms with Gasteiger partial charge in [-0.1, -0.05) is 36.4 Å². The lowest BCUT2D eigenvalue weighted by molar-refractivity contribution is -0.156. The second kappa shape index (κ2) is 9.06. The summed E-state index contributed by atoms with van der Waals surface area (Å²) in [4.78, 5) is 19.3. The van der Waals surface area contributed by atoms with E-state index >= 15 is 0 Å². The van der Waals surface area contributed by atoms with Crippen molar-refractivity contribution < 1.29 is 9.90 Å². The Bertz CT molecular complexity index is 839. The molecule has 2 aliphatic rings. The van der Waals surface area contributed by atoms with Crippen LogP contribution < -0.4 is 5.32 Å². The zero-order chi connectivity index (χ0) is 20.1. The molecule has 1 atom stereocenters. The van der Waals surface area contributed by atoms with Crippen LogP contribution in [-0.2, 0) is 30.6 Å². The molecule has 2 aromatic rings. The van der Waals surface area contributed by atoms with Crippen molar-refractivity contribution in [2.45, 2.75) is 57.1 Å². The summed E-state index contributed by atoms with van der Waals surface area (Å²) in [5.74, 6) is -0.128. The van der Waals surface area contributed by atoms with Crippen LogP contribution in [0.5, 0.6) is 0 Å². The van der Waals surface area contributed by atoms with E-state index in [1.54, 1.807) is 0 Å². The number of hydrogen-bond donors (Lipinski definition) is 2. The van der Waals surface area contributed by atoms with Gasteiger partial charge in [-0.3, -0.25) is 9.78 Å². The summed E-state index contributed by atoms with van der Waals surface area (Å²) in [7, 11) is 0. The Kier molecular flexibility index (Phi) is 6.26. The molecule has 5 nitrogen and oxygen atoms in total. The summed E-state index contributed by atoms with van der Waals surface area (Å²) < 4.78 is 0. The van der Waals surface area contributed by atoms with Gasteiger partial charge in [0.25, 0.3) is 5.91 Å². The number of carbonyl (C=O) groups excluding carboxylic acids is 1. The monoisotopic (exact) mass is 393 g/mol. The summed E-state index contributed by atoms with van der Waals surface area (Å²) in [6.45, 7) is 2.36. The molecular weight excluding hydrogens is 362 g/mol. The predicted octanol–water partition coefficient (Wildman–Crippen LogP) is 2.65. The van der Waals surface area contributed by atoms with Crippen molar-refractivity contribution in [1.82, 2.24) is 15.2 Å². The van der Waals surface area contributed by atoms with Gasteiger partial charge in [0.2, 0.25) is 0 Å². The molecule has 1 aliphatic carbocycles. The molecule has 1 fully saturated rings. The highest BCUT2D eigenvalue weighted by Gasteiger charge is 2.41. The Morgan fingerprint density at radius 1 is 1.14 bits per heavy atom. The number of benzene rings is 1. The van der Waals surface area contributed by atoms with Gasteiger partial charge >= 0.3 is 0 Å². The van der Waals surface area contributed by atoms with E-state index in [0.717, 1.165) is 44.2 Å². The third kappa shape index (κ3) is 4.85. The lowest BCUT2D eigenvalue weighted by Gasteiger charge is -2.38. The first-order valence-electron chi connectivity index (χ1n) is 10.9. The third-order valence-corrected chi connectivity index (χ3v) is 6.16. The van der Waals surface area contributed by atoms with Crippen molar-refractivity contribution in [1.29, 1.82) is 0 Å². The Hall–Kier alpha value is -2.24. The van der Waals surface area contributed by atoms with Gasteiger partial charge in [0.15, 0.2) is 5.60 Å². The van der Waals surface area contributed by atoms with Crippen LogP contribution in [0.2, 0.25) is 0 Å². The van der Waals surface area contributed by atoms with Gasteiger partial charge in [-0.25, -0.2) is 0 Å². The van der Waals surface area contributed by atoms with Crippen LogP contribution in [0.4, 0.5) is 0 Å². The van der Waals surface area contributed by atoms with E-state index in [-0.39, 0.29) is 12.5 Å². The zero-order valence-electron chi connectivity index (χ0n) is 17.1. The molecule has 0 unspecified atom stereocenters. The number of hydrogen-bond acceptors (Lipinski definition) is 4. The van der Waals surface area contributed by atoms with Crippen molar-refractivity contribution in [3.05, 3.63) is 65.0 Å². The average Bonchev–Trinajstić information content (AvgIpc) is 3.20. The molecule has 5 heteroatoms. The van der Waals surface area contributed by atoms with Crippen molar-refractivity contribution in [2.75, 3.05) is 19.6 Å². The van der Waals surface area contributed by atoms with E-state index in [0.29, 0.717) is 19.5 Å². The van der Waals surface area contributed by atoms with E-state index < -0.39 is 5.60 Å². The zero-order valence-corrected chi connectivity index (χ0v) is 17.1. The highest BCUT2D eigenvalue weighted by Crippen LogP contribution is 2.23. The highest BCUT2D eigenvalue weighted by molar-refractivity contribution is 5.86. The maximum Gasteiger partial charge on any atom is 0.255 e. The fraction of sp³-hybridized carbons (Fsp3) is 0.500. The minimum absolute atomic E-state index is 0.128. The average molecular weight is 394 g/mol. The Morgan fingerprint density at radius 2 is 2.00 bits per heavy atom. The number of nitrogens with zero attached hydrogens (tertiary/aromatic N) is 2. The summed E-state index contributed by atoms with van der Waals surface area (Å²) >= 11 is 0. The van der Waals surface area contributed by atoms with Gasteiger partial charge in [-0.05, 0) is 61.6 Å². The van der Waals surface area contributed by atoms with Crippen LogP contribution in [0.1, 0.15) is 48.1 Å². The first-order valence-corrected chi connectivity index (χ1v) is 10.9. The third-order valence-electron chi connectivity index (χ3n) is 6.16. The molecule has 1 aromatic carbocycles. The minimum atomic E-state index is -1.30. The first-order chi connectivity index (χ1) is 14.1. The van der Waals surface area contributed by atoms with Gasteiger partial charge < -0.3 is 15.3 Å². The number of pyridine rings is 1. The van der Waals surface area contributed by atoms with Crippen molar-refractivity contribution >= 4 is 5.91 Å². The molecule has 1 saturated heterocycles. The minimum Gasteiger partial charge on any atom is -0.379 e. The Morgan fingerprint density at radius 3 is 2.86 bits per heavy atom. The number of piperidine rings is 1. The smallest absolute Gasteiger partial charge is 0.255 e. The quantitative estimate of drug-likeness (QED) is 0.724. The topological polar surface area (TPSA) is 65.5 Å². The number of carbonyl (C=O) groups is 1. The van der Waals surface area contributed by atoms with Gasteiger partial charge in [0.05, 0.1) is 0 Å². The number of rotatable bonds is 8. The second-order valence-electron chi connectivity index (χ2n) is 8.42. The molecule has 0 saturated carbocycles. The molecule has 0 radical (unpaired) electrons. The van der Waals surface area contributed by atoms with E-state index in [1.807, 2.05) is 29.3 Å². The normalized spacial score (nSPS) is 21.4. The number of aromatic nitrogens is 1. The number of amides is 1. The molecule has 4 rings (SSSR count). The molecule has 1 aliphatic heterocycles. The predicted molar refractivity (Wildman–Crippen MR) is 113 cm³/mol. The van der Waals surface area contributed by atoms with Gasteiger partial charge in [-0.2, -0.15) is 0 Å². The lowest BCUT2D eigenvalue weighted by atomic mass is 9.91. The van der Waals surface area contributed by atoms with E-state index in [2.05, 4.69) is 28.5 Å². The highest BCUT2D eigenvalue weighted by atomic mass is 16.3. The summed E-state index contributed by atoms with van der Waals surface area (Å²) in [6, 6.07) is 12.6. The van der Waals surface area contributed by atoms with E-state index in [4.69, 9.17) is 0 Å². The van der Waals surface area contributed by atoms with Crippen molar-refractivity contribution in [2.24, 2.45) is 0 Å². The lowest BCUT2D eigenvalue weighted by Crippen LogP contribution is -2.58. The maximum atomic E-state index is 12.9. The van der Waals surface area contributed by atoms with Crippen molar-refractivity contribution in [3.63, 3.8) is 0 Å². The Balaban J connectivity index is 1.27. The van der Waals surface area contributed by atoms with Gasteiger partial charge in [0.1, 0.15) is 0 Å². The molecule has 2 N–H and O–H groups in total. The molecular formula is C24H31N3O2. The maximum absolute atomic E-state index is 12.9. The number of aryl methyl sites for hydroxylation is 3. The second-order valence-corrected chi connectivity index (χ2v) is 8.42. The van der Waals surface area contributed by atoms with Crippen LogP contribution in [0, 0.1) is 0 Å². The van der Waals surface area contributed by atoms with E-state index in [9.17, 15) is 9.90 Å². The fourth-order valence-electron chi connectivity index (χ4n) is 4.55. The standard InChI is InChI=1S/C24H31N3O2/c28-23-24(29,18-25-16-20-15-21-10-4-11-22(21)26-17-20)12-6-14-27(23)13-5-9-19-7-2-1-3-8-19/h1-3,7-8,15,17,25,29H,4-6,9-14,16,18H2/t24-/m1/s1. The summed E-state index contributed by atoms with van der Waals surface area (Å²) in [5, 5.41) is 14.3. The molecule has 0 spiro atoms. The molecule has 2 heterocycles. The largest absolute Gasteiger partial charge is 0.379 e. The molecule has 1 amide bonds. The van der Waals surface area contributed by atoms with E-state index in [1.165, 1.54) is 23.2 Å². The first kappa shape index (κ1) is 20.0. The number of likely N-dealkylation sites (tertiary alicyclic amines) is 1. The Labute approximate surface area is 173 Å². The summed E-state index contributed by atoms with van der Waals surface area (Å²) in [6.07, 6.45) is 8.53. The van der Waals surface area contributed by atoms with Crippen LogP contribution >= 0.6 is 0 Å². The number of fused-ring (bicyclic) bond motifs is 1. The van der Waals surface area contributed by atoms with Crippen LogP contribution in [0.3, 0.4) is 0 Å². The number of aliphatic hydroxyl groups is 1. The molecule has 29 heavy (non-hydrogen) atoms. The molecule has 0 bridgehead atoms. The van der Waals surface area contributed by atoms with Crippen molar-refractivity contribution in [3.8, 4) is 0 Å².